The summed E-state index contributed by atoms with van der Waals surface area (Å²) in [5, 5.41) is 4.67. The van der Waals surface area contributed by atoms with Crippen LogP contribution in [0.2, 0.25) is 0 Å². The lowest BCUT2D eigenvalue weighted by Gasteiger charge is -2.21. The van der Waals surface area contributed by atoms with Crippen LogP contribution in [-0.4, -0.2) is 16.3 Å². The predicted molar refractivity (Wildman–Crippen MR) is 70.9 cm³/mol. The zero-order valence-electron chi connectivity index (χ0n) is 10.5. The number of hydrogen-bond acceptors (Lipinski definition) is 2. The van der Waals surface area contributed by atoms with Crippen molar-refractivity contribution in [3.05, 3.63) is 30.1 Å². The molecule has 1 aromatic heterocycles. The molecule has 0 bridgehead atoms. The summed E-state index contributed by atoms with van der Waals surface area (Å²) in [7, 11) is 0. The molecule has 1 heterocycles. The SMILES string of the molecule is NCCC=CCc1ccn(C2CCCCC2)n1. The first-order valence-corrected chi connectivity index (χ1v) is 6.79. The van der Waals surface area contributed by atoms with Crippen LogP contribution in [0, 0.1) is 0 Å². The van der Waals surface area contributed by atoms with Crippen LogP contribution in [0.25, 0.3) is 0 Å². The van der Waals surface area contributed by atoms with Crippen molar-refractivity contribution in [2.75, 3.05) is 6.54 Å². The van der Waals surface area contributed by atoms with E-state index < -0.39 is 0 Å². The fraction of sp³-hybridized carbons (Fsp3) is 0.643. The van der Waals surface area contributed by atoms with Gasteiger partial charge >= 0.3 is 0 Å². The summed E-state index contributed by atoms with van der Waals surface area (Å²) < 4.78 is 2.17. The molecule has 1 fully saturated rings. The van der Waals surface area contributed by atoms with E-state index >= 15 is 0 Å². The topological polar surface area (TPSA) is 43.8 Å². The lowest BCUT2D eigenvalue weighted by Crippen LogP contribution is -2.13. The summed E-state index contributed by atoms with van der Waals surface area (Å²) in [6.07, 6.45) is 15.0. The fourth-order valence-electron chi connectivity index (χ4n) is 2.45. The molecular weight excluding hydrogens is 210 g/mol. The Morgan fingerprint density at radius 3 is 2.88 bits per heavy atom. The van der Waals surface area contributed by atoms with Crippen molar-refractivity contribution in [1.29, 1.82) is 0 Å². The van der Waals surface area contributed by atoms with Gasteiger partial charge in [-0.15, -0.1) is 0 Å². The van der Waals surface area contributed by atoms with E-state index in [1.54, 1.807) is 0 Å². The Labute approximate surface area is 104 Å². The van der Waals surface area contributed by atoms with Crippen LogP contribution in [0.5, 0.6) is 0 Å². The molecule has 3 heteroatoms. The maximum Gasteiger partial charge on any atom is 0.0662 e. The average Bonchev–Trinajstić information content (AvgIpc) is 2.85. The number of nitrogens with zero attached hydrogens (tertiary/aromatic N) is 2. The zero-order valence-corrected chi connectivity index (χ0v) is 10.5. The maximum absolute atomic E-state index is 5.44. The van der Waals surface area contributed by atoms with E-state index in [2.05, 4.69) is 34.2 Å². The summed E-state index contributed by atoms with van der Waals surface area (Å²) >= 11 is 0. The highest BCUT2D eigenvalue weighted by molar-refractivity contribution is 5.05. The first kappa shape index (κ1) is 12.4. The Bertz CT molecular complexity index is 348. The second kappa shape index (κ2) is 6.60. The van der Waals surface area contributed by atoms with Crippen molar-refractivity contribution in [3.8, 4) is 0 Å². The highest BCUT2D eigenvalue weighted by Crippen LogP contribution is 2.27. The molecule has 1 aliphatic rings. The molecule has 0 atom stereocenters. The van der Waals surface area contributed by atoms with Crippen molar-refractivity contribution in [3.63, 3.8) is 0 Å². The van der Waals surface area contributed by atoms with Crippen molar-refractivity contribution in [2.24, 2.45) is 5.73 Å². The minimum Gasteiger partial charge on any atom is -0.330 e. The predicted octanol–water partition coefficient (Wildman–Crippen LogP) is 2.84. The first-order chi connectivity index (χ1) is 8.40. The smallest absolute Gasteiger partial charge is 0.0662 e. The van der Waals surface area contributed by atoms with Crippen molar-refractivity contribution < 1.29 is 0 Å². The van der Waals surface area contributed by atoms with E-state index in [0.29, 0.717) is 6.04 Å². The standard InChI is InChI=1S/C14H23N3/c15-11-6-2-3-7-13-10-12-17(16-13)14-8-4-1-5-9-14/h2-3,10,12,14H,1,4-9,11,15H2. The third-order valence-corrected chi connectivity index (χ3v) is 3.44. The molecule has 1 saturated carbocycles. The molecule has 17 heavy (non-hydrogen) atoms. The number of hydrogen-bond donors (Lipinski definition) is 1. The molecule has 94 valence electrons. The number of rotatable bonds is 5. The van der Waals surface area contributed by atoms with E-state index in [1.807, 2.05) is 0 Å². The Morgan fingerprint density at radius 1 is 1.29 bits per heavy atom. The largest absolute Gasteiger partial charge is 0.330 e. The Kier molecular flexibility index (Phi) is 4.80. The third-order valence-electron chi connectivity index (χ3n) is 3.44. The number of nitrogens with two attached hydrogens (primary N) is 1. The van der Waals surface area contributed by atoms with Gasteiger partial charge in [0.25, 0.3) is 0 Å². The minimum absolute atomic E-state index is 0.644. The molecular formula is C14H23N3. The minimum atomic E-state index is 0.644. The lowest BCUT2D eigenvalue weighted by atomic mass is 9.96. The van der Waals surface area contributed by atoms with Gasteiger partial charge in [-0.2, -0.15) is 5.10 Å². The zero-order chi connectivity index (χ0) is 11.9. The molecule has 0 unspecified atom stereocenters. The van der Waals surface area contributed by atoms with E-state index in [9.17, 15) is 0 Å². The molecule has 0 amide bonds. The second-order valence-corrected chi connectivity index (χ2v) is 4.83. The quantitative estimate of drug-likeness (QED) is 0.795. The summed E-state index contributed by atoms with van der Waals surface area (Å²) in [6, 6.07) is 2.78. The molecule has 0 aliphatic heterocycles. The van der Waals surface area contributed by atoms with E-state index in [4.69, 9.17) is 5.73 Å². The highest BCUT2D eigenvalue weighted by atomic mass is 15.3. The molecule has 1 aliphatic carbocycles. The van der Waals surface area contributed by atoms with Crippen molar-refractivity contribution in [1.82, 2.24) is 9.78 Å². The third kappa shape index (κ3) is 3.70. The molecule has 2 rings (SSSR count). The number of aromatic nitrogens is 2. The van der Waals surface area contributed by atoms with E-state index in [1.165, 1.54) is 37.8 Å². The normalized spacial score (nSPS) is 17.9. The molecule has 0 spiro atoms. The Balaban J connectivity index is 1.86. The average molecular weight is 233 g/mol. The number of allylic oxidation sites excluding steroid dienone is 1. The first-order valence-electron chi connectivity index (χ1n) is 6.79. The van der Waals surface area contributed by atoms with Crippen LogP contribution in [0.4, 0.5) is 0 Å². The van der Waals surface area contributed by atoms with Gasteiger partial charge < -0.3 is 5.73 Å². The molecule has 0 radical (unpaired) electrons. The highest BCUT2D eigenvalue weighted by Gasteiger charge is 2.15. The second-order valence-electron chi connectivity index (χ2n) is 4.83. The van der Waals surface area contributed by atoms with Gasteiger partial charge in [0.05, 0.1) is 11.7 Å². The molecule has 2 N–H and O–H groups in total. The molecule has 0 aromatic carbocycles. The van der Waals surface area contributed by atoms with Crippen molar-refractivity contribution >= 4 is 0 Å². The van der Waals surface area contributed by atoms with Gasteiger partial charge in [-0.05, 0) is 31.9 Å². The van der Waals surface area contributed by atoms with Gasteiger partial charge in [0.1, 0.15) is 0 Å². The van der Waals surface area contributed by atoms with Crippen molar-refractivity contribution in [2.45, 2.75) is 51.0 Å². The van der Waals surface area contributed by atoms with Gasteiger partial charge in [-0.3, -0.25) is 4.68 Å². The van der Waals surface area contributed by atoms with Gasteiger partial charge in [-0.1, -0.05) is 31.4 Å². The van der Waals surface area contributed by atoms with Crippen LogP contribution >= 0.6 is 0 Å². The molecule has 1 aromatic rings. The van der Waals surface area contributed by atoms with Crippen LogP contribution < -0.4 is 5.73 Å². The summed E-state index contributed by atoms with van der Waals surface area (Å²) in [6.45, 7) is 0.729. The van der Waals surface area contributed by atoms with Gasteiger partial charge in [0.2, 0.25) is 0 Å². The summed E-state index contributed by atoms with van der Waals surface area (Å²) in [4.78, 5) is 0. The van der Waals surface area contributed by atoms with E-state index in [0.717, 1.165) is 19.4 Å². The van der Waals surface area contributed by atoms with Crippen LogP contribution in [0.1, 0.15) is 50.3 Å². The van der Waals surface area contributed by atoms with Gasteiger partial charge in [0.15, 0.2) is 0 Å². The van der Waals surface area contributed by atoms with Crippen LogP contribution in [0.3, 0.4) is 0 Å². The van der Waals surface area contributed by atoms with Crippen LogP contribution in [0.15, 0.2) is 24.4 Å². The van der Waals surface area contributed by atoms with Crippen LogP contribution in [-0.2, 0) is 6.42 Å². The van der Waals surface area contributed by atoms with Gasteiger partial charge in [0, 0.05) is 12.6 Å². The molecule has 0 saturated heterocycles. The summed E-state index contributed by atoms with van der Waals surface area (Å²) in [5.41, 5.74) is 6.61. The Morgan fingerprint density at radius 2 is 2.12 bits per heavy atom. The van der Waals surface area contributed by atoms with E-state index in [-0.39, 0.29) is 0 Å². The molecule has 3 nitrogen and oxygen atoms in total. The monoisotopic (exact) mass is 233 g/mol. The van der Waals surface area contributed by atoms with Gasteiger partial charge in [-0.25, -0.2) is 0 Å². The lowest BCUT2D eigenvalue weighted by molar-refractivity contribution is 0.328. The maximum atomic E-state index is 5.44. The fourth-order valence-corrected chi connectivity index (χ4v) is 2.45. The summed E-state index contributed by atoms with van der Waals surface area (Å²) in [5.74, 6) is 0. The Hall–Kier alpha value is -1.09.